The Hall–Kier alpha value is -3.75. The van der Waals surface area contributed by atoms with Crippen LogP contribution in [0.1, 0.15) is 36.6 Å². The van der Waals surface area contributed by atoms with Crippen LogP contribution >= 0.6 is 0 Å². The number of aromatic hydroxyl groups is 4. The molecule has 3 amide bonds. The van der Waals surface area contributed by atoms with Crippen molar-refractivity contribution in [3.8, 4) is 23.0 Å². The number of hydrazine groups is 1. The monoisotopic (exact) mass is 342 g/mol. The minimum Gasteiger partial charge on any atom is -0.504 e. The van der Waals surface area contributed by atoms with Crippen LogP contribution in [0, 0.1) is 0 Å². The number of carbonyl (C=O) groups is 3. The molecule has 0 saturated carbocycles. The second-order valence-corrected chi connectivity index (χ2v) is 5.60. The van der Waals surface area contributed by atoms with Gasteiger partial charge in [0, 0.05) is 5.56 Å². The number of imide groups is 1. The highest BCUT2D eigenvalue weighted by Gasteiger charge is 2.46. The van der Waals surface area contributed by atoms with Crippen LogP contribution in [0.3, 0.4) is 0 Å². The number of carbonyl (C=O) groups excluding carboxylic acids is 3. The van der Waals surface area contributed by atoms with Crippen molar-refractivity contribution in [2.45, 2.75) is 6.54 Å². The minimum absolute atomic E-state index is 0.0407. The van der Waals surface area contributed by atoms with E-state index in [1.165, 1.54) is 12.1 Å². The molecule has 9 nitrogen and oxygen atoms in total. The average molecular weight is 342 g/mol. The fourth-order valence-electron chi connectivity index (χ4n) is 3.01. The van der Waals surface area contributed by atoms with Gasteiger partial charge in [0.15, 0.2) is 23.0 Å². The van der Waals surface area contributed by atoms with Crippen LogP contribution in [0.2, 0.25) is 0 Å². The lowest BCUT2D eigenvalue weighted by Gasteiger charge is -2.25. The molecule has 0 bridgehead atoms. The summed E-state index contributed by atoms with van der Waals surface area (Å²) in [4.78, 5) is 37.6. The summed E-state index contributed by atoms with van der Waals surface area (Å²) in [5.74, 6) is -4.80. The van der Waals surface area contributed by atoms with Gasteiger partial charge in [-0.1, -0.05) is 0 Å². The number of hydrogen-bond acceptors (Lipinski definition) is 7. The predicted octanol–water partition coefficient (Wildman–Crippen LogP) is 0.676. The lowest BCUT2D eigenvalue weighted by molar-refractivity contribution is 0.00465. The van der Waals surface area contributed by atoms with Crippen molar-refractivity contribution in [2.75, 3.05) is 0 Å². The second-order valence-electron chi connectivity index (χ2n) is 5.60. The molecule has 2 aliphatic heterocycles. The number of hydrogen-bond donors (Lipinski definition) is 4. The Balaban J connectivity index is 1.79. The Labute approximate surface area is 139 Å². The van der Waals surface area contributed by atoms with Crippen molar-refractivity contribution in [1.82, 2.24) is 10.0 Å². The maximum absolute atomic E-state index is 12.5. The highest BCUT2D eigenvalue weighted by atomic mass is 16.3. The molecule has 0 fully saturated rings. The number of rotatable bonds is 1. The topological polar surface area (TPSA) is 139 Å². The summed E-state index contributed by atoms with van der Waals surface area (Å²) in [6.07, 6.45) is 0. The number of amides is 3. The molecule has 0 atom stereocenters. The molecule has 126 valence electrons. The van der Waals surface area contributed by atoms with E-state index in [9.17, 15) is 34.8 Å². The molecule has 0 aromatic heterocycles. The van der Waals surface area contributed by atoms with E-state index in [1.54, 1.807) is 0 Å². The zero-order valence-corrected chi connectivity index (χ0v) is 12.4. The number of fused-ring (bicyclic) bond motifs is 2. The van der Waals surface area contributed by atoms with Gasteiger partial charge in [-0.2, -0.15) is 5.01 Å². The Kier molecular flexibility index (Phi) is 2.75. The molecule has 0 spiro atoms. The summed E-state index contributed by atoms with van der Waals surface area (Å²) in [6, 6.07) is 4.63. The van der Waals surface area contributed by atoms with Crippen LogP contribution in [-0.2, 0) is 6.54 Å². The summed E-state index contributed by atoms with van der Waals surface area (Å²) in [5.41, 5.74) is -0.440. The zero-order valence-electron chi connectivity index (χ0n) is 12.4. The molecule has 2 aliphatic rings. The van der Waals surface area contributed by atoms with E-state index >= 15 is 0 Å². The van der Waals surface area contributed by atoms with Gasteiger partial charge in [0.25, 0.3) is 17.7 Å². The molecule has 0 saturated heterocycles. The maximum atomic E-state index is 12.5. The molecule has 25 heavy (non-hydrogen) atoms. The van der Waals surface area contributed by atoms with Crippen molar-refractivity contribution in [2.24, 2.45) is 0 Å². The van der Waals surface area contributed by atoms with Gasteiger partial charge in [0.05, 0.1) is 17.7 Å². The van der Waals surface area contributed by atoms with Crippen molar-refractivity contribution < 1.29 is 34.8 Å². The Morgan fingerprint density at radius 2 is 1.32 bits per heavy atom. The summed E-state index contributed by atoms with van der Waals surface area (Å²) >= 11 is 0. The standard InChI is InChI=1S/C16H10N2O7/c19-9-3-1-6-8(12(9)21)5-17(14(6)23)18-15(24)7-2-4-10(20)13(22)11(7)16(18)25/h1-4,19-22H,5H2. The van der Waals surface area contributed by atoms with Gasteiger partial charge in [-0.25, -0.2) is 5.01 Å². The highest BCUT2D eigenvalue weighted by Crippen LogP contribution is 2.41. The van der Waals surface area contributed by atoms with Gasteiger partial charge in [-0.3, -0.25) is 14.4 Å². The van der Waals surface area contributed by atoms with E-state index in [0.717, 1.165) is 17.1 Å². The quantitative estimate of drug-likeness (QED) is 0.441. The van der Waals surface area contributed by atoms with E-state index < -0.39 is 46.3 Å². The third-order valence-electron chi connectivity index (χ3n) is 4.26. The lowest BCUT2D eigenvalue weighted by atomic mass is 10.1. The fourth-order valence-corrected chi connectivity index (χ4v) is 3.01. The number of phenols is 4. The summed E-state index contributed by atoms with van der Waals surface area (Å²) in [7, 11) is 0. The Morgan fingerprint density at radius 3 is 2.00 bits per heavy atom. The third-order valence-corrected chi connectivity index (χ3v) is 4.26. The predicted molar refractivity (Wildman–Crippen MR) is 79.9 cm³/mol. The summed E-state index contributed by atoms with van der Waals surface area (Å²) in [5, 5.41) is 40.2. The van der Waals surface area contributed by atoms with Gasteiger partial charge in [-0.15, -0.1) is 0 Å². The van der Waals surface area contributed by atoms with E-state index in [1.807, 2.05) is 0 Å². The molecule has 9 heteroatoms. The average Bonchev–Trinajstić information content (AvgIpc) is 3.03. The number of nitrogens with zero attached hydrogens (tertiary/aromatic N) is 2. The van der Waals surface area contributed by atoms with Crippen LogP contribution < -0.4 is 0 Å². The third kappa shape index (κ3) is 1.74. The van der Waals surface area contributed by atoms with Crippen LogP contribution in [0.4, 0.5) is 0 Å². The first-order valence-electron chi connectivity index (χ1n) is 7.12. The van der Waals surface area contributed by atoms with Crippen molar-refractivity contribution in [3.63, 3.8) is 0 Å². The first-order valence-corrected chi connectivity index (χ1v) is 7.12. The SMILES string of the molecule is O=C1c2ccc(O)c(O)c2CN1N1C(=O)c2ccc(O)c(O)c2C1=O. The fraction of sp³-hybridized carbons (Fsp3) is 0.0625. The molecule has 0 radical (unpaired) electrons. The molecule has 0 aliphatic carbocycles. The van der Waals surface area contributed by atoms with Gasteiger partial charge in [0.1, 0.15) is 5.56 Å². The van der Waals surface area contributed by atoms with Crippen LogP contribution in [0.15, 0.2) is 24.3 Å². The van der Waals surface area contributed by atoms with Crippen LogP contribution in [-0.4, -0.2) is 48.2 Å². The maximum Gasteiger partial charge on any atom is 0.284 e. The van der Waals surface area contributed by atoms with Gasteiger partial charge in [-0.05, 0) is 24.3 Å². The van der Waals surface area contributed by atoms with Gasteiger partial charge < -0.3 is 20.4 Å². The Morgan fingerprint density at radius 1 is 0.720 bits per heavy atom. The van der Waals surface area contributed by atoms with E-state index in [-0.39, 0.29) is 23.2 Å². The largest absolute Gasteiger partial charge is 0.504 e. The smallest absolute Gasteiger partial charge is 0.284 e. The Bertz CT molecular complexity index is 998. The molecule has 4 N–H and O–H groups in total. The molecular formula is C16H10N2O7. The molecule has 4 rings (SSSR count). The van der Waals surface area contributed by atoms with Gasteiger partial charge >= 0.3 is 0 Å². The molecule has 0 unspecified atom stereocenters. The minimum atomic E-state index is -0.974. The van der Waals surface area contributed by atoms with E-state index in [4.69, 9.17) is 0 Å². The van der Waals surface area contributed by atoms with Gasteiger partial charge in [0.2, 0.25) is 0 Å². The number of phenolic OH excluding ortho intramolecular Hbond substituents is 4. The van der Waals surface area contributed by atoms with Crippen molar-refractivity contribution >= 4 is 17.7 Å². The van der Waals surface area contributed by atoms with Crippen LogP contribution in [0.5, 0.6) is 23.0 Å². The first kappa shape index (κ1) is 14.8. The molecule has 2 aromatic rings. The zero-order chi connectivity index (χ0) is 18.0. The summed E-state index contributed by atoms with van der Waals surface area (Å²) in [6.45, 7) is -0.313. The van der Waals surface area contributed by atoms with Crippen molar-refractivity contribution in [3.05, 3.63) is 46.5 Å². The normalized spacial score (nSPS) is 15.8. The molecule has 2 aromatic carbocycles. The lowest BCUT2D eigenvalue weighted by Crippen LogP contribution is -2.46. The van der Waals surface area contributed by atoms with Crippen LogP contribution in [0.25, 0.3) is 0 Å². The molecular weight excluding hydrogens is 332 g/mol. The van der Waals surface area contributed by atoms with E-state index in [2.05, 4.69) is 0 Å². The highest BCUT2D eigenvalue weighted by molar-refractivity contribution is 6.23. The van der Waals surface area contributed by atoms with Crippen molar-refractivity contribution in [1.29, 1.82) is 0 Å². The summed E-state index contributed by atoms with van der Waals surface area (Å²) < 4.78 is 0. The first-order chi connectivity index (χ1) is 11.8. The van der Waals surface area contributed by atoms with E-state index in [0.29, 0.717) is 5.01 Å². The second kappa shape index (κ2) is 4.63. The molecule has 2 heterocycles. The number of benzene rings is 2.